The van der Waals surface area contributed by atoms with E-state index < -0.39 is 0 Å². The second-order valence-electron chi connectivity index (χ2n) is 7.26. The summed E-state index contributed by atoms with van der Waals surface area (Å²) in [4.78, 5) is 0. The summed E-state index contributed by atoms with van der Waals surface area (Å²) in [6, 6.07) is 0. The van der Waals surface area contributed by atoms with E-state index in [4.69, 9.17) is 5.73 Å². The molecule has 3 aliphatic carbocycles. The van der Waals surface area contributed by atoms with Crippen LogP contribution in [0, 0.1) is 23.2 Å². The lowest BCUT2D eigenvalue weighted by Crippen LogP contribution is -2.33. The molecule has 0 heterocycles. The molecule has 98 valence electrons. The molecule has 2 bridgehead atoms. The van der Waals surface area contributed by atoms with Gasteiger partial charge in [-0.15, -0.1) is 0 Å². The minimum absolute atomic E-state index is 0.547. The minimum Gasteiger partial charge on any atom is -0.330 e. The topological polar surface area (TPSA) is 26.0 Å². The van der Waals surface area contributed by atoms with Gasteiger partial charge in [-0.25, -0.2) is 0 Å². The fourth-order valence-corrected chi connectivity index (χ4v) is 5.15. The zero-order valence-electron chi connectivity index (χ0n) is 11.3. The molecule has 0 aromatic carbocycles. The molecule has 0 spiro atoms. The van der Waals surface area contributed by atoms with Gasteiger partial charge in [-0.1, -0.05) is 32.1 Å². The Morgan fingerprint density at radius 3 is 2.24 bits per heavy atom. The largest absolute Gasteiger partial charge is 0.330 e. The molecule has 3 fully saturated rings. The van der Waals surface area contributed by atoms with Gasteiger partial charge in [0.25, 0.3) is 0 Å². The Morgan fingerprint density at radius 2 is 1.71 bits per heavy atom. The van der Waals surface area contributed by atoms with Crippen molar-refractivity contribution < 1.29 is 0 Å². The van der Waals surface area contributed by atoms with Crippen molar-refractivity contribution in [3.05, 3.63) is 0 Å². The lowest BCUT2D eigenvalue weighted by molar-refractivity contribution is 0.156. The van der Waals surface area contributed by atoms with Crippen molar-refractivity contribution in [1.29, 1.82) is 0 Å². The number of hydrogen-bond donors (Lipinski definition) is 1. The molecule has 3 rings (SSSR count). The monoisotopic (exact) mass is 235 g/mol. The van der Waals surface area contributed by atoms with Crippen LogP contribution in [0.1, 0.15) is 70.6 Å². The van der Waals surface area contributed by atoms with Gasteiger partial charge in [0.2, 0.25) is 0 Å². The van der Waals surface area contributed by atoms with Gasteiger partial charge in [-0.05, 0) is 68.2 Å². The Hall–Kier alpha value is -0.0400. The Balaban J connectivity index is 1.64. The fourth-order valence-electron chi connectivity index (χ4n) is 5.15. The summed E-state index contributed by atoms with van der Waals surface area (Å²) in [6.07, 6.45) is 16.3. The number of fused-ring (bicyclic) bond motifs is 2. The van der Waals surface area contributed by atoms with Gasteiger partial charge in [0.1, 0.15) is 0 Å². The van der Waals surface area contributed by atoms with Gasteiger partial charge in [0, 0.05) is 0 Å². The number of rotatable bonds is 3. The van der Waals surface area contributed by atoms with Crippen molar-refractivity contribution >= 4 is 0 Å². The van der Waals surface area contributed by atoms with Gasteiger partial charge in [0.05, 0.1) is 0 Å². The van der Waals surface area contributed by atoms with E-state index in [0.717, 1.165) is 24.3 Å². The zero-order valence-corrected chi connectivity index (χ0v) is 11.3. The van der Waals surface area contributed by atoms with E-state index >= 15 is 0 Å². The molecule has 1 heteroatoms. The van der Waals surface area contributed by atoms with Gasteiger partial charge in [0.15, 0.2) is 0 Å². The summed E-state index contributed by atoms with van der Waals surface area (Å²) >= 11 is 0. The highest BCUT2D eigenvalue weighted by Crippen LogP contribution is 2.53. The third-order valence-electron chi connectivity index (χ3n) is 6.18. The Kier molecular flexibility index (Phi) is 3.47. The van der Waals surface area contributed by atoms with E-state index in [2.05, 4.69) is 0 Å². The molecule has 0 amide bonds. The van der Waals surface area contributed by atoms with Crippen molar-refractivity contribution in [2.24, 2.45) is 28.9 Å². The molecule has 1 nitrogen and oxygen atoms in total. The van der Waals surface area contributed by atoms with Crippen LogP contribution in [0.2, 0.25) is 0 Å². The van der Waals surface area contributed by atoms with Crippen molar-refractivity contribution in [2.75, 3.05) is 6.54 Å². The lowest BCUT2D eigenvalue weighted by Gasteiger charge is -2.36. The molecule has 0 saturated heterocycles. The quantitative estimate of drug-likeness (QED) is 0.732. The Labute approximate surface area is 107 Å². The van der Waals surface area contributed by atoms with Crippen LogP contribution in [0.3, 0.4) is 0 Å². The second kappa shape index (κ2) is 4.91. The van der Waals surface area contributed by atoms with Crippen molar-refractivity contribution in [1.82, 2.24) is 0 Å². The predicted molar refractivity (Wildman–Crippen MR) is 72.7 cm³/mol. The third-order valence-corrected chi connectivity index (χ3v) is 6.18. The first-order valence-corrected chi connectivity index (χ1v) is 8.01. The first-order chi connectivity index (χ1) is 8.31. The molecule has 17 heavy (non-hydrogen) atoms. The standard InChI is InChI=1S/C16H29N/c17-12-16(7-3-1-2-4-8-16)11-15-10-13-5-6-14(15)9-13/h13-15H,1-12,17H2. The summed E-state index contributed by atoms with van der Waals surface area (Å²) in [5, 5.41) is 0. The molecule has 0 aliphatic heterocycles. The predicted octanol–water partition coefficient (Wildman–Crippen LogP) is 4.11. The van der Waals surface area contributed by atoms with Crippen LogP contribution in [-0.2, 0) is 0 Å². The summed E-state index contributed by atoms with van der Waals surface area (Å²) in [5.74, 6) is 3.24. The van der Waals surface area contributed by atoms with Crippen LogP contribution in [-0.4, -0.2) is 6.54 Å². The van der Waals surface area contributed by atoms with Crippen LogP contribution in [0.25, 0.3) is 0 Å². The van der Waals surface area contributed by atoms with Gasteiger partial charge in [-0.3, -0.25) is 0 Å². The molecule has 3 atom stereocenters. The van der Waals surface area contributed by atoms with E-state index in [-0.39, 0.29) is 0 Å². The molecule has 2 N–H and O–H groups in total. The summed E-state index contributed by atoms with van der Waals surface area (Å²) in [5.41, 5.74) is 6.73. The van der Waals surface area contributed by atoms with E-state index in [9.17, 15) is 0 Å². The third kappa shape index (κ3) is 2.41. The van der Waals surface area contributed by atoms with Crippen LogP contribution in [0.4, 0.5) is 0 Å². The summed E-state index contributed by atoms with van der Waals surface area (Å²) in [7, 11) is 0. The molecule has 0 aromatic heterocycles. The smallest absolute Gasteiger partial charge is 0.00204 e. The fraction of sp³-hybridized carbons (Fsp3) is 1.00. The summed E-state index contributed by atoms with van der Waals surface area (Å²) in [6.45, 7) is 0.959. The Bertz CT molecular complexity index is 252. The molecule has 0 aromatic rings. The first-order valence-electron chi connectivity index (χ1n) is 8.01. The van der Waals surface area contributed by atoms with Gasteiger partial charge < -0.3 is 5.73 Å². The van der Waals surface area contributed by atoms with E-state index in [1.165, 1.54) is 57.8 Å². The molecule has 0 radical (unpaired) electrons. The van der Waals surface area contributed by atoms with Gasteiger partial charge >= 0.3 is 0 Å². The second-order valence-corrected chi connectivity index (χ2v) is 7.26. The minimum atomic E-state index is 0.547. The molecule has 3 unspecified atom stereocenters. The maximum absolute atomic E-state index is 6.18. The highest BCUT2D eigenvalue weighted by atomic mass is 14.6. The van der Waals surface area contributed by atoms with Gasteiger partial charge in [-0.2, -0.15) is 0 Å². The highest BCUT2D eigenvalue weighted by Gasteiger charge is 2.43. The molecule has 3 aliphatic rings. The maximum atomic E-state index is 6.18. The Morgan fingerprint density at radius 1 is 0.941 bits per heavy atom. The summed E-state index contributed by atoms with van der Waals surface area (Å²) < 4.78 is 0. The van der Waals surface area contributed by atoms with Crippen molar-refractivity contribution in [2.45, 2.75) is 70.6 Å². The average molecular weight is 235 g/mol. The van der Waals surface area contributed by atoms with Crippen LogP contribution < -0.4 is 5.73 Å². The van der Waals surface area contributed by atoms with E-state index in [1.54, 1.807) is 12.8 Å². The van der Waals surface area contributed by atoms with Crippen LogP contribution in [0.5, 0.6) is 0 Å². The number of hydrogen-bond acceptors (Lipinski definition) is 1. The highest BCUT2D eigenvalue weighted by molar-refractivity contribution is 4.94. The van der Waals surface area contributed by atoms with E-state index in [1.807, 2.05) is 0 Å². The SMILES string of the molecule is NCC1(CC2CC3CCC2C3)CCCCCC1. The maximum Gasteiger partial charge on any atom is -0.00204 e. The zero-order chi connectivity index (χ0) is 11.7. The van der Waals surface area contributed by atoms with Crippen LogP contribution in [0.15, 0.2) is 0 Å². The van der Waals surface area contributed by atoms with Crippen molar-refractivity contribution in [3.8, 4) is 0 Å². The number of nitrogens with two attached hydrogens (primary N) is 1. The first kappa shape index (κ1) is 12.0. The molecule has 3 saturated carbocycles. The normalized spacial score (nSPS) is 40.4. The molecular weight excluding hydrogens is 206 g/mol. The van der Waals surface area contributed by atoms with E-state index in [0.29, 0.717) is 5.41 Å². The van der Waals surface area contributed by atoms with Crippen LogP contribution >= 0.6 is 0 Å². The lowest BCUT2D eigenvalue weighted by atomic mass is 9.70. The van der Waals surface area contributed by atoms with Crippen molar-refractivity contribution in [3.63, 3.8) is 0 Å². The molecular formula is C16H29N. The average Bonchev–Trinajstić information content (AvgIpc) is 2.87.